The highest BCUT2D eigenvalue weighted by molar-refractivity contribution is 7.99. The van der Waals surface area contributed by atoms with Crippen LogP contribution in [0.5, 0.6) is 0 Å². The molecule has 6 nitrogen and oxygen atoms in total. The molecule has 3 aromatic rings. The van der Waals surface area contributed by atoms with Crippen LogP contribution in [0.25, 0.3) is 0 Å². The summed E-state index contributed by atoms with van der Waals surface area (Å²) in [4.78, 5) is 32.7. The van der Waals surface area contributed by atoms with Crippen LogP contribution in [0, 0.1) is 5.82 Å². The minimum absolute atomic E-state index is 0.161. The lowest BCUT2D eigenvalue weighted by Crippen LogP contribution is -2.37. The van der Waals surface area contributed by atoms with Crippen molar-refractivity contribution in [2.75, 3.05) is 22.5 Å². The number of hydrogen-bond acceptors (Lipinski definition) is 6. The smallest absolute Gasteiger partial charge is 0.270 e. The summed E-state index contributed by atoms with van der Waals surface area (Å²) >= 11 is 8.70. The molecule has 2 amide bonds. The second-order valence-corrected chi connectivity index (χ2v) is 11.0. The number of thioether (sulfide) groups is 1. The van der Waals surface area contributed by atoms with Gasteiger partial charge in [0, 0.05) is 23.6 Å². The Morgan fingerprint density at radius 2 is 2.09 bits per heavy atom. The van der Waals surface area contributed by atoms with E-state index in [-0.39, 0.29) is 17.9 Å². The Balaban J connectivity index is 1.41. The molecule has 2 heterocycles. The average molecular weight is 520 g/mol. The molecule has 1 aliphatic rings. The number of carbonyl (C=O) groups is 2. The van der Waals surface area contributed by atoms with E-state index < -0.39 is 17.3 Å². The number of aliphatic hydroxyl groups is 1. The van der Waals surface area contributed by atoms with Gasteiger partial charge in [-0.1, -0.05) is 41.1 Å². The van der Waals surface area contributed by atoms with Gasteiger partial charge in [0.2, 0.25) is 5.91 Å². The molecule has 0 unspecified atom stereocenters. The van der Waals surface area contributed by atoms with Crippen LogP contribution in [0.1, 0.15) is 34.8 Å². The largest absolute Gasteiger partial charge is 0.390 e. The number of amides is 2. The summed E-state index contributed by atoms with van der Waals surface area (Å²) < 4.78 is 14.5. The van der Waals surface area contributed by atoms with Gasteiger partial charge in [-0.05, 0) is 43.7 Å². The Morgan fingerprint density at radius 3 is 2.79 bits per heavy atom. The van der Waals surface area contributed by atoms with Gasteiger partial charge in [0.25, 0.3) is 5.91 Å². The molecule has 0 fully saturated rings. The third-order valence-corrected chi connectivity index (χ3v) is 7.82. The van der Waals surface area contributed by atoms with Crippen LogP contribution in [-0.4, -0.2) is 39.8 Å². The maximum Gasteiger partial charge on any atom is 0.270 e. The van der Waals surface area contributed by atoms with Crippen molar-refractivity contribution in [3.8, 4) is 0 Å². The van der Waals surface area contributed by atoms with Crippen molar-refractivity contribution in [2.24, 2.45) is 0 Å². The number of nitrogens with one attached hydrogen (secondary N) is 1. The Kier molecular flexibility index (Phi) is 7.28. The van der Waals surface area contributed by atoms with Crippen molar-refractivity contribution in [1.29, 1.82) is 0 Å². The van der Waals surface area contributed by atoms with E-state index in [0.29, 0.717) is 50.0 Å². The van der Waals surface area contributed by atoms with Gasteiger partial charge in [-0.2, -0.15) is 0 Å². The number of anilines is 2. The summed E-state index contributed by atoms with van der Waals surface area (Å²) in [5.74, 6) is -0.692. The molecule has 2 N–H and O–H groups in total. The molecule has 1 aliphatic heterocycles. The highest BCUT2D eigenvalue weighted by Gasteiger charge is 2.30. The molecule has 178 valence electrons. The van der Waals surface area contributed by atoms with Crippen molar-refractivity contribution in [3.05, 3.63) is 69.4 Å². The fraction of sp³-hybridized carbons (Fsp3) is 0.292. The van der Waals surface area contributed by atoms with E-state index in [1.165, 1.54) is 17.8 Å². The van der Waals surface area contributed by atoms with Crippen LogP contribution < -0.4 is 10.2 Å². The molecule has 0 radical (unpaired) electrons. The highest BCUT2D eigenvalue weighted by Crippen LogP contribution is 2.34. The van der Waals surface area contributed by atoms with Crippen LogP contribution in [0.4, 0.5) is 15.2 Å². The van der Waals surface area contributed by atoms with Gasteiger partial charge in [-0.15, -0.1) is 11.8 Å². The van der Waals surface area contributed by atoms with E-state index in [1.54, 1.807) is 49.1 Å². The molecule has 0 atom stereocenters. The summed E-state index contributed by atoms with van der Waals surface area (Å²) in [6.45, 7) is 3.82. The zero-order chi connectivity index (χ0) is 24.5. The van der Waals surface area contributed by atoms with E-state index in [4.69, 9.17) is 11.6 Å². The normalized spacial score (nSPS) is 13.7. The van der Waals surface area contributed by atoms with Gasteiger partial charge in [0.1, 0.15) is 10.7 Å². The molecule has 0 saturated heterocycles. The van der Waals surface area contributed by atoms with Gasteiger partial charge >= 0.3 is 0 Å². The quantitative estimate of drug-likeness (QED) is 0.420. The standard InChI is InChI=1S/C24H23ClFN3O3S2/c1-24(2,32)13-33-15-8-7-14(17(26)12-15)11-20(30)28-23-27-18-9-10-29(22(31)21(18)34-23)19-6-4-3-5-16(19)25/h3-8,12,32H,9-11,13H2,1-2H3,(H,27,28,30). The third-order valence-electron chi connectivity index (χ3n) is 5.07. The topological polar surface area (TPSA) is 82.5 Å². The molecule has 1 aromatic heterocycles. The number of hydrogen-bond donors (Lipinski definition) is 2. The predicted molar refractivity (Wildman–Crippen MR) is 135 cm³/mol. The van der Waals surface area contributed by atoms with Crippen LogP contribution in [0.2, 0.25) is 5.02 Å². The number of carbonyl (C=O) groups excluding carboxylic acids is 2. The number of rotatable bonds is 7. The molecule has 0 saturated carbocycles. The van der Waals surface area contributed by atoms with E-state index in [2.05, 4.69) is 10.3 Å². The van der Waals surface area contributed by atoms with Crippen LogP contribution >= 0.6 is 34.7 Å². The summed E-state index contributed by atoms with van der Waals surface area (Å²) in [7, 11) is 0. The van der Waals surface area contributed by atoms with Gasteiger partial charge in [0.05, 0.1) is 28.4 Å². The monoisotopic (exact) mass is 519 g/mol. The molecule has 10 heteroatoms. The van der Waals surface area contributed by atoms with E-state index in [1.807, 2.05) is 6.07 Å². The Morgan fingerprint density at radius 1 is 1.32 bits per heavy atom. The molecule has 4 rings (SSSR count). The second kappa shape index (κ2) is 10.0. The average Bonchev–Trinajstić information content (AvgIpc) is 3.18. The number of nitrogens with zero attached hydrogens (tertiary/aromatic N) is 2. The lowest BCUT2D eigenvalue weighted by Gasteiger charge is -2.26. The van der Waals surface area contributed by atoms with Crippen molar-refractivity contribution in [3.63, 3.8) is 0 Å². The SMILES string of the molecule is CC(C)(O)CSc1ccc(CC(=O)Nc2nc3c(s2)C(=O)N(c2ccccc2Cl)CC3)c(F)c1. The zero-order valence-electron chi connectivity index (χ0n) is 18.6. The molecular weight excluding hydrogens is 497 g/mol. The van der Waals surface area contributed by atoms with Crippen LogP contribution in [0.3, 0.4) is 0 Å². The van der Waals surface area contributed by atoms with Crippen LogP contribution in [-0.2, 0) is 17.6 Å². The second-order valence-electron chi connectivity index (χ2n) is 8.53. The first kappa shape index (κ1) is 24.7. The highest BCUT2D eigenvalue weighted by atomic mass is 35.5. The van der Waals surface area contributed by atoms with E-state index in [9.17, 15) is 19.1 Å². The molecule has 2 aromatic carbocycles. The molecule has 0 bridgehead atoms. The predicted octanol–water partition coefficient (Wildman–Crippen LogP) is 5.18. The van der Waals surface area contributed by atoms with Crippen molar-refractivity contribution < 1.29 is 19.1 Å². The summed E-state index contributed by atoms with van der Waals surface area (Å²) in [6.07, 6.45) is 0.378. The number of aromatic nitrogens is 1. The number of fused-ring (bicyclic) bond motifs is 1. The Bertz CT molecular complexity index is 1240. The van der Waals surface area contributed by atoms with Crippen molar-refractivity contribution in [1.82, 2.24) is 4.98 Å². The first-order valence-electron chi connectivity index (χ1n) is 10.6. The minimum atomic E-state index is -0.863. The lowest BCUT2D eigenvalue weighted by atomic mass is 10.1. The fourth-order valence-corrected chi connectivity index (χ4v) is 5.53. The molecule has 0 spiro atoms. The van der Waals surface area contributed by atoms with Gasteiger partial charge in [0.15, 0.2) is 5.13 Å². The van der Waals surface area contributed by atoms with Crippen molar-refractivity contribution >= 4 is 57.3 Å². The maximum atomic E-state index is 14.5. The number of thiazole rings is 1. The van der Waals surface area contributed by atoms with Gasteiger partial charge < -0.3 is 15.3 Å². The number of halogens is 2. The lowest BCUT2D eigenvalue weighted by molar-refractivity contribution is -0.115. The molecular formula is C24H23ClFN3O3S2. The van der Waals surface area contributed by atoms with E-state index >= 15 is 0 Å². The Hall–Kier alpha value is -2.46. The Labute approximate surface area is 210 Å². The van der Waals surface area contributed by atoms with Gasteiger partial charge in [-0.3, -0.25) is 9.59 Å². The van der Waals surface area contributed by atoms with Crippen molar-refractivity contribution in [2.45, 2.75) is 37.2 Å². The minimum Gasteiger partial charge on any atom is -0.390 e. The van der Waals surface area contributed by atoms with Gasteiger partial charge in [-0.25, -0.2) is 9.37 Å². The maximum absolute atomic E-state index is 14.5. The van der Waals surface area contributed by atoms with Crippen LogP contribution in [0.15, 0.2) is 47.4 Å². The summed E-state index contributed by atoms with van der Waals surface area (Å²) in [5, 5.41) is 13.3. The first-order chi connectivity index (χ1) is 16.1. The molecule has 34 heavy (non-hydrogen) atoms. The number of benzene rings is 2. The van der Waals surface area contributed by atoms with E-state index in [0.717, 1.165) is 11.3 Å². The third kappa shape index (κ3) is 5.78. The molecule has 0 aliphatic carbocycles. The first-order valence-corrected chi connectivity index (χ1v) is 12.8. The zero-order valence-corrected chi connectivity index (χ0v) is 21.0. The summed E-state index contributed by atoms with van der Waals surface area (Å²) in [6, 6.07) is 11.8. The fourth-order valence-electron chi connectivity index (χ4n) is 3.44. The summed E-state index contributed by atoms with van der Waals surface area (Å²) in [5.41, 5.74) is 0.664. The number of para-hydroxylation sites is 1.